The van der Waals surface area contributed by atoms with Crippen LogP contribution >= 0.6 is 0 Å². The van der Waals surface area contributed by atoms with Crippen molar-refractivity contribution in [1.82, 2.24) is 9.78 Å². The number of methoxy groups -OCH3 is 2. The van der Waals surface area contributed by atoms with Crippen molar-refractivity contribution in [1.29, 1.82) is 0 Å². The highest BCUT2D eigenvalue weighted by molar-refractivity contribution is 6.10. The number of ether oxygens (including phenoxy) is 2. The molecule has 0 atom stereocenters. The fraction of sp³-hybridized carbons (Fsp3) is 0.105. The van der Waals surface area contributed by atoms with E-state index in [1.807, 2.05) is 54.6 Å². The first-order valence-corrected chi connectivity index (χ1v) is 7.59. The lowest BCUT2D eigenvalue weighted by Crippen LogP contribution is -2.04. The first-order chi connectivity index (χ1) is 11.8. The highest BCUT2D eigenvalue weighted by Crippen LogP contribution is 2.41. The van der Waals surface area contributed by atoms with Gasteiger partial charge in [-0.3, -0.25) is 9.89 Å². The molecule has 0 bridgehead atoms. The summed E-state index contributed by atoms with van der Waals surface area (Å²) < 4.78 is 13.0. The first kappa shape index (κ1) is 14.4. The van der Waals surface area contributed by atoms with Crippen LogP contribution in [0.5, 0.6) is 11.5 Å². The molecule has 0 saturated carbocycles. The Hall–Kier alpha value is -3.21. The van der Waals surface area contributed by atoms with Gasteiger partial charge in [-0.2, -0.15) is 0 Å². The van der Waals surface area contributed by atoms with Gasteiger partial charge in [-0.1, -0.05) is 42.5 Å². The summed E-state index contributed by atoms with van der Waals surface area (Å²) in [6.45, 7) is 0. The monoisotopic (exact) mass is 320 g/mol. The summed E-state index contributed by atoms with van der Waals surface area (Å²) in [6, 6.07) is 17.4. The Bertz CT molecular complexity index is 1090. The minimum absolute atomic E-state index is 0.213. The van der Waals surface area contributed by atoms with Crippen molar-refractivity contribution in [3.8, 4) is 17.2 Å². The van der Waals surface area contributed by atoms with Crippen molar-refractivity contribution >= 4 is 21.7 Å². The zero-order valence-electron chi connectivity index (χ0n) is 13.4. The van der Waals surface area contributed by atoms with Gasteiger partial charge < -0.3 is 9.47 Å². The van der Waals surface area contributed by atoms with Crippen LogP contribution in [0.3, 0.4) is 0 Å². The second-order valence-electron chi connectivity index (χ2n) is 5.45. The number of hydrogen-bond acceptors (Lipinski definition) is 3. The quantitative estimate of drug-likeness (QED) is 0.628. The Balaban J connectivity index is 2.27. The first-order valence-electron chi connectivity index (χ1n) is 7.59. The van der Waals surface area contributed by atoms with Crippen LogP contribution in [0.1, 0.15) is 0 Å². The predicted octanol–water partition coefficient (Wildman–Crippen LogP) is 3.49. The van der Waals surface area contributed by atoms with Crippen LogP contribution in [0.4, 0.5) is 0 Å². The van der Waals surface area contributed by atoms with Gasteiger partial charge in [0.25, 0.3) is 5.56 Å². The maximum atomic E-state index is 12.7. The van der Waals surface area contributed by atoms with Crippen molar-refractivity contribution in [2.45, 2.75) is 0 Å². The molecule has 0 aliphatic rings. The summed E-state index contributed by atoms with van der Waals surface area (Å²) in [6.07, 6.45) is 0. The summed E-state index contributed by atoms with van der Waals surface area (Å²) in [4.78, 5) is 12.7. The van der Waals surface area contributed by atoms with Crippen LogP contribution < -0.4 is 15.0 Å². The minimum Gasteiger partial charge on any atom is -0.495 e. The lowest BCUT2D eigenvalue weighted by Gasteiger charge is -2.13. The fourth-order valence-corrected chi connectivity index (χ4v) is 3.19. The molecule has 4 aromatic rings. The Kier molecular flexibility index (Phi) is 3.27. The molecule has 0 aliphatic carbocycles. The van der Waals surface area contributed by atoms with Gasteiger partial charge in [0, 0.05) is 10.8 Å². The number of nitrogens with one attached hydrogen (secondary N) is 1. The van der Waals surface area contributed by atoms with E-state index in [-0.39, 0.29) is 5.56 Å². The molecule has 5 heteroatoms. The van der Waals surface area contributed by atoms with Crippen molar-refractivity contribution in [2.75, 3.05) is 14.2 Å². The predicted molar refractivity (Wildman–Crippen MR) is 94.5 cm³/mol. The molecule has 0 aliphatic heterocycles. The fourth-order valence-electron chi connectivity index (χ4n) is 3.19. The number of H-pyrrole nitrogens is 1. The minimum atomic E-state index is -0.213. The number of nitrogens with zero attached hydrogens (tertiary/aromatic N) is 1. The van der Waals surface area contributed by atoms with Gasteiger partial charge in [0.1, 0.15) is 16.7 Å². The molecule has 0 fully saturated rings. The van der Waals surface area contributed by atoms with Gasteiger partial charge in [0.05, 0.1) is 19.9 Å². The molecule has 0 unspecified atom stereocenters. The number of hydrogen-bond donors (Lipinski definition) is 1. The smallest absolute Gasteiger partial charge is 0.276 e. The average molecular weight is 320 g/mol. The van der Waals surface area contributed by atoms with E-state index in [9.17, 15) is 4.79 Å². The summed E-state index contributed by atoms with van der Waals surface area (Å²) in [5, 5.41) is 5.12. The number of aromatic nitrogens is 2. The van der Waals surface area contributed by atoms with Crippen molar-refractivity contribution < 1.29 is 9.47 Å². The molecule has 0 saturated heterocycles. The Labute approximate surface area is 138 Å². The molecule has 120 valence electrons. The summed E-state index contributed by atoms with van der Waals surface area (Å²) in [5.41, 5.74) is 1.30. The second-order valence-corrected chi connectivity index (χ2v) is 5.45. The molecule has 24 heavy (non-hydrogen) atoms. The van der Waals surface area contributed by atoms with Gasteiger partial charge in [-0.05, 0) is 12.1 Å². The van der Waals surface area contributed by atoms with E-state index in [1.54, 1.807) is 18.9 Å². The molecule has 4 rings (SSSR count). The van der Waals surface area contributed by atoms with Crippen molar-refractivity contribution in [2.24, 2.45) is 0 Å². The normalized spacial score (nSPS) is 11.1. The summed E-state index contributed by atoms with van der Waals surface area (Å²) in [7, 11) is 3.19. The number of para-hydroxylation sites is 1. The summed E-state index contributed by atoms with van der Waals surface area (Å²) in [5.74, 6) is 1.20. The van der Waals surface area contributed by atoms with Crippen LogP contribution in [0, 0.1) is 0 Å². The molecule has 5 nitrogen and oxygen atoms in total. The zero-order chi connectivity index (χ0) is 16.7. The van der Waals surface area contributed by atoms with Gasteiger partial charge in [0.15, 0.2) is 5.75 Å². The van der Waals surface area contributed by atoms with Crippen LogP contribution in [0.25, 0.3) is 27.4 Å². The van der Waals surface area contributed by atoms with E-state index < -0.39 is 0 Å². The lowest BCUT2D eigenvalue weighted by molar-refractivity contribution is 0.416. The van der Waals surface area contributed by atoms with E-state index in [0.717, 1.165) is 16.5 Å². The van der Waals surface area contributed by atoms with Crippen LogP contribution in [0.2, 0.25) is 0 Å². The van der Waals surface area contributed by atoms with Crippen LogP contribution in [-0.4, -0.2) is 24.0 Å². The van der Waals surface area contributed by atoms with Gasteiger partial charge in [-0.25, -0.2) is 4.68 Å². The van der Waals surface area contributed by atoms with Gasteiger partial charge in [-0.15, -0.1) is 0 Å². The maximum absolute atomic E-state index is 12.7. The molecule has 0 spiro atoms. The molecular weight excluding hydrogens is 304 g/mol. The molecule has 0 radical (unpaired) electrons. The third-order valence-corrected chi connectivity index (χ3v) is 4.18. The molecular formula is C19H16N2O3. The van der Waals surface area contributed by atoms with E-state index in [2.05, 4.69) is 5.10 Å². The zero-order valence-corrected chi connectivity index (χ0v) is 13.4. The topological polar surface area (TPSA) is 56.2 Å². The van der Waals surface area contributed by atoms with E-state index in [1.165, 1.54) is 0 Å². The molecule has 1 aromatic heterocycles. The van der Waals surface area contributed by atoms with Crippen molar-refractivity contribution in [3.05, 3.63) is 65.0 Å². The second kappa shape index (κ2) is 5.45. The number of benzene rings is 3. The third kappa shape index (κ3) is 1.91. The van der Waals surface area contributed by atoms with Gasteiger partial charge >= 0.3 is 0 Å². The van der Waals surface area contributed by atoms with Gasteiger partial charge in [0.2, 0.25) is 0 Å². The molecule has 3 aromatic carbocycles. The average Bonchev–Trinajstić information content (AvgIpc) is 2.98. The Morgan fingerprint density at radius 2 is 1.42 bits per heavy atom. The van der Waals surface area contributed by atoms with Crippen LogP contribution in [0.15, 0.2) is 59.4 Å². The standard InChI is InChI=1S/C19H16N2O3/c1-23-17-13-10-6-7-11-14(13)18(24-2)16-15(17)19(22)20-21(16)12-8-4-3-5-9-12/h3-11H,1-2H3,(H,20,22). The Morgan fingerprint density at radius 3 is 2.04 bits per heavy atom. The van der Waals surface area contributed by atoms with E-state index >= 15 is 0 Å². The highest BCUT2D eigenvalue weighted by atomic mass is 16.5. The number of rotatable bonds is 3. The van der Waals surface area contributed by atoms with E-state index in [0.29, 0.717) is 22.4 Å². The lowest BCUT2D eigenvalue weighted by atomic mass is 10.0. The Morgan fingerprint density at radius 1 is 0.833 bits per heavy atom. The van der Waals surface area contributed by atoms with Crippen LogP contribution in [-0.2, 0) is 0 Å². The highest BCUT2D eigenvalue weighted by Gasteiger charge is 2.22. The molecule has 0 amide bonds. The van der Waals surface area contributed by atoms with Crippen molar-refractivity contribution in [3.63, 3.8) is 0 Å². The number of fused-ring (bicyclic) bond motifs is 2. The molecule has 1 N–H and O–H groups in total. The third-order valence-electron chi connectivity index (χ3n) is 4.18. The maximum Gasteiger partial charge on any atom is 0.276 e. The van der Waals surface area contributed by atoms with E-state index in [4.69, 9.17) is 9.47 Å². The largest absolute Gasteiger partial charge is 0.495 e. The molecule has 1 heterocycles. The SMILES string of the molecule is COc1c2ccccc2c(OC)c2c1c(=O)[nH]n2-c1ccccc1. The summed E-state index contributed by atoms with van der Waals surface area (Å²) >= 11 is 0. The number of aromatic amines is 1.